The lowest BCUT2D eigenvalue weighted by atomic mass is 10.0. The third kappa shape index (κ3) is 3.96. The molecule has 0 saturated carbocycles. The molecule has 0 saturated heterocycles. The first-order valence-corrected chi connectivity index (χ1v) is 6.14. The van der Waals surface area contributed by atoms with Crippen molar-refractivity contribution in [3.8, 4) is 0 Å². The van der Waals surface area contributed by atoms with E-state index in [1.165, 1.54) is 0 Å². The predicted octanol–water partition coefficient (Wildman–Crippen LogP) is 1.73. The molecule has 1 atom stereocenters. The lowest BCUT2D eigenvalue weighted by Crippen LogP contribution is -2.31. The Labute approximate surface area is 107 Å². The van der Waals surface area contributed by atoms with Crippen LogP contribution in [0.3, 0.4) is 0 Å². The summed E-state index contributed by atoms with van der Waals surface area (Å²) in [6.07, 6.45) is 2.56. The first-order chi connectivity index (χ1) is 8.10. The van der Waals surface area contributed by atoms with Crippen molar-refractivity contribution in [2.75, 3.05) is 13.7 Å². The Morgan fingerprint density at radius 1 is 1.59 bits per heavy atom. The Hall–Kier alpha value is -0.620. The maximum atomic E-state index is 6.16. The zero-order valence-corrected chi connectivity index (χ0v) is 11.4. The Balaban J connectivity index is 2.88. The van der Waals surface area contributed by atoms with Crippen LogP contribution in [0.2, 0.25) is 5.02 Å². The molecule has 1 unspecified atom stereocenters. The third-order valence-corrected chi connectivity index (χ3v) is 2.87. The monoisotopic (exact) mass is 260 g/mol. The average molecular weight is 261 g/mol. The molecule has 1 aromatic heterocycles. The fraction of sp³-hybridized carbons (Fsp3) is 0.727. The van der Waals surface area contributed by atoms with Crippen molar-refractivity contribution in [2.24, 2.45) is 11.8 Å². The van der Waals surface area contributed by atoms with Crippen molar-refractivity contribution >= 4 is 11.6 Å². The van der Waals surface area contributed by atoms with E-state index in [2.05, 4.69) is 24.4 Å². The number of aromatic nitrogens is 2. The van der Waals surface area contributed by atoms with Gasteiger partial charge in [-0.25, -0.2) is 0 Å². The number of nitrogens with one attached hydrogen (secondary N) is 1. The van der Waals surface area contributed by atoms with Crippen molar-refractivity contribution < 1.29 is 4.74 Å². The fourth-order valence-electron chi connectivity index (χ4n) is 1.80. The smallest absolute Gasteiger partial charge is 0.0834 e. The minimum atomic E-state index is 0.0156. The van der Waals surface area contributed by atoms with Gasteiger partial charge in [-0.15, -0.1) is 0 Å². The van der Waals surface area contributed by atoms with Crippen LogP contribution in [0.4, 0.5) is 0 Å². The highest BCUT2D eigenvalue weighted by molar-refractivity contribution is 6.31. The quantitative estimate of drug-likeness (QED) is 0.579. The number of methoxy groups -OCH3 is 1. The van der Waals surface area contributed by atoms with Gasteiger partial charge in [-0.1, -0.05) is 25.4 Å². The number of hydrogen-bond acceptors (Lipinski definition) is 4. The zero-order valence-electron chi connectivity index (χ0n) is 10.6. The summed E-state index contributed by atoms with van der Waals surface area (Å²) in [4.78, 5) is 0. The Morgan fingerprint density at radius 3 is 2.82 bits per heavy atom. The molecule has 0 amide bonds. The van der Waals surface area contributed by atoms with Crippen molar-refractivity contribution in [3.63, 3.8) is 0 Å². The van der Waals surface area contributed by atoms with Crippen LogP contribution in [-0.2, 0) is 11.3 Å². The van der Waals surface area contributed by atoms with E-state index < -0.39 is 0 Å². The van der Waals surface area contributed by atoms with E-state index in [1.807, 2.05) is 4.68 Å². The topological polar surface area (TPSA) is 65.1 Å². The predicted molar refractivity (Wildman–Crippen MR) is 68.6 cm³/mol. The van der Waals surface area contributed by atoms with Crippen molar-refractivity contribution in [1.29, 1.82) is 0 Å². The van der Waals surface area contributed by atoms with E-state index in [0.717, 1.165) is 12.1 Å². The van der Waals surface area contributed by atoms with Gasteiger partial charge in [0.15, 0.2) is 0 Å². The largest absolute Gasteiger partial charge is 0.383 e. The zero-order chi connectivity index (χ0) is 12.8. The molecule has 5 nitrogen and oxygen atoms in total. The van der Waals surface area contributed by atoms with E-state index >= 15 is 0 Å². The molecule has 1 heterocycles. The van der Waals surface area contributed by atoms with Gasteiger partial charge in [-0.05, 0) is 12.3 Å². The van der Waals surface area contributed by atoms with Gasteiger partial charge in [0.05, 0.1) is 36.1 Å². The number of hydrogen-bond donors (Lipinski definition) is 2. The number of hydrazine groups is 1. The van der Waals surface area contributed by atoms with E-state index in [0.29, 0.717) is 24.1 Å². The molecule has 6 heteroatoms. The Morgan fingerprint density at radius 2 is 2.29 bits per heavy atom. The van der Waals surface area contributed by atoms with Gasteiger partial charge in [-0.2, -0.15) is 5.10 Å². The number of nitrogens with zero attached hydrogens (tertiary/aromatic N) is 2. The van der Waals surface area contributed by atoms with E-state index in [9.17, 15) is 0 Å². The molecule has 0 aliphatic rings. The van der Waals surface area contributed by atoms with Crippen molar-refractivity contribution in [3.05, 3.63) is 16.9 Å². The average Bonchev–Trinajstić information content (AvgIpc) is 2.64. The second kappa shape index (κ2) is 6.96. The Kier molecular flexibility index (Phi) is 5.91. The molecule has 0 aromatic carbocycles. The summed E-state index contributed by atoms with van der Waals surface area (Å²) in [6, 6.07) is 0.0156. The van der Waals surface area contributed by atoms with Gasteiger partial charge in [0, 0.05) is 7.11 Å². The summed E-state index contributed by atoms with van der Waals surface area (Å²) in [5.74, 6) is 6.12. The van der Waals surface area contributed by atoms with Crippen molar-refractivity contribution in [1.82, 2.24) is 15.2 Å². The number of halogens is 1. The fourth-order valence-corrected chi connectivity index (χ4v) is 2.08. The molecule has 98 valence electrons. The highest BCUT2D eigenvalue weighted by Crippen LogP contribution is 2.27. The van der Waals surface area contributed by atoms with Gasteiger partial charge < -0.3 is 4.74 Å². The summed E-state index contributed by atoms with van der Waals surface area (Å²) in [7, 11) is 1.66. The summed E-state index contributed by atoms with van der Waals surface area (Å²) < 4.78 is 6.89. The number of ether oxygens (including phenoxy) is 1. The van der Waals surface area contributed by atoms with Crippen LogP contribution in [0.1, 0.15) is 32.0 Å². The minimum Gasteiger partial charge on any atom is -0.383 e. The molecule has 0 bridgehead atoms. The molecule has 0 aliphatic heterocycles. The van der Waals surface area contributed by atoms with E-state index in [-0.39, 0.29) is 6.04 Å². The lowest BCUT2D eigenvalue weighted by molar-refractivity contribution is 0.181. The normalized spacial score (nSPS) is 13.3. The van der Waals surface area contributed by atoms with Gasteiger partial charge in [0.1, 0.15) is 0 Å². The molecular formula is C11H21ClN4O. The molecule has 0 aliphatic carbocycles. The van der Waals surface area contributed by atoms with Crippen LogP contribution >= 0.6 is 11.6 Å². The van der Waals surface area contributed by atoms with E-state index in [4.69, 9.17) is 22.2 Å². The first-order valence-electron chi connectivity index (χ1n) is 5.76. The molecule has 0 fully saturated rings. The van der Waals surface area contributed by atoms with Crippen molar-refractivity contribution in [2.45, 2.75) is 32.9 Å². The van der Waals surface area contributed by atoms with Crippen LogP contribution in [-0.4, -0.2) is 23.5 Å². The highest BCUT2D eigenvalue weighted by Gasteiger charge is 2.20. The highest BCUT2D eigenvalue weighted by atomic mass is 35.5. The molecule has 17 heavy (non-hydrogen) atoms. The van der Waals surface area contributed by atoms with Crippen LogP contribution in [0.25, 0.3) is 0 Å². The molecule has 0 radical (unpaired) electrons. The van der Waals surface area contributed by atoms with Gasteiger partial charge in [0.25, 0.3) is 0 Å². The molecule has 1 aromatic rings. The molecule has 3 N–H and O–H groups in total. The summed E-state index contributed by atoms with van der Waals surface area (Å²) >= 11 is 6.16. The van der Waals surface area contributed by atoms with Crippen LogP contribution in [0, 0.1) is 5.92 Å². The molecule has 0 spiro atoms. The van der Waals surface area contributed by atoms with Crippen LogP contribution < -0.4 is 11.3 Å². The van der Waals surface area contributed by atoms with Crippen LogP contribution in [0.5, 0.6) is 0 Å². The summed E-state index contributed by atoms with van der Waals surface area (Å²) in [6.45, 7) is 5.57. The first kappa shape index (κ1) is 14.4. The van der Waals surface area contributed by atoms with Gasteiger partial charge >= 0.3 is 0 Å². The van der Waals surface area contributed by atoms with Gasteiger partial charge in [-0.3, -0.25) is 16.0 Å². The SMILES string of the molecule is COCCn1ncc(Cl)c1C(CC(C)C)NN. The number of rotatable bonds is 7. The maximum Gasteiger partial charge on any atom is 0.0834 e. The Bertz CT molecular complexity index is 340. The standard InChI is InChI=1S/C11H21ClN4O/c1-8(2)6-10(15-13)11-9(12)7-14-16(11)4-5-17-3/h7-8,10,15H,4-6,13H2,1-3H3. The van der Waals surface area contributed by atoms with E-state index in [1.54, 1.807) is 13.3 Å². The number of nitrogens with two attached hydrogens (primary N) is 1. The minimum absolute atomic E-state index is 0.0156. The summed E-state index contributed by atoms with van der Waals surface area (Å²) in [5.41, 5.74) is 3.74. The second-order valence-corrected chi connectivity index (χ2v) is 4.85. The maximum absolute atomic E-state index is 6.16. The van der Waals surface area contributed by atoms with Gasteiger partial charge in [0.2, 0.25) is 0 Å². The third-order valence-electron chi connectivity index (χ3n) is 2.58. The second-order valence-electron chi connectivity index (χ2n) is 4.44. The molecule has 1 rings (SSSR count). The lowest BCUT2D eigenvalue weighted by Gasteiger charge is -2.20. The molecular weight excluding hydrogens is 240 g/mol. The van der Waals surface area contributed by atoms with Crippen LogP contribution in [0.15, 0.2) is 6.20 Å². The summed E-state index contributed by atoms with van der Waals surface area (Å²) in [5, 5.41) is 4.88.